The number of carbonyl (C=O) groups is 1. The van der Waals surface area contributed by atoms with Crippen LogP contribution in [-0.2, 0) is 21.3 Å². The predicted octanol–water partition coefficient (Wildman–Crippen LogP) is 20.8. The van der Waals surface area contributed by atoms with Gasteiger partial charge in [0, 0.05) is 11.1 Å². The molecule has 0 fully saturated rings. The summed E-state index contributed by atoms with van der Waals surface area (Å²) in [4.78, 5) is 20.7. The van der Waals surface area contributed by atoms with Gasteiger partial charge in [-0.15, -0.1) is 50.8 Å². The van der Waals surface area contributed by atoms with Crippen LogP contribution in [0.4, 0.5) is 99.2 Å². The molecule has 0 radical (unpaired) electrons. The van der Waals surface area contributed by atoms with E-state index < -0.39 is 144 Å². The number of nitrogens with zero attached hydrogens (tertiary/aromatic N) is 2. The van der Waals surface area contributed by atoms with Gasteiger partial charge in [-0.25, -0.2) is 87.8 Å². The van der Waals surface area contributed by atoms with Gasteiger partial charge in [0.15, 0.2) is 75.6 Å². The van der Waals surface area contributed by atoms with E-state index in [0.717, 1.165) is 51.1 Å². The van der Waals surface area contributed by atoms with Crippen molar-refractivity contribution in [1.29, 1.82) is 0 Å². The van der Waals surface area contributed by atoms with Crippen LogP contribution in [0.3, 0.4) is 0 Å². The van der Waals surface area contributed by atoms with E-state index in [0.29, 0.717) is 0 Å². The van der Waals surface area contributed by atoms with Crippen molar-refractivity contribution in [3.05, 3.63) is 282 Å². The van der Waals surface area contributed by atoms with Gasteiger partial charge in [-0.2, -0.15) is 0 Å². The zero-order chi connectivity index (χ0) is 78.6. The van der Waals surface area contributed by atoms with Crippen LogP contribution in [-0.4, -0.2) is 28.7 Å². The fourth-order valence-electron chi connectivity index (χ4n) is 12.3. The van der Waals surface area contributed by atoms with Crippen molar-refractivity contribution in [3.8, 4) is 44.5 Å². The van der Waals surface area contributed by atoms with Gasteiger partial charge in [-0.1, -0.05) is 148 Å². The number of aliphatic imine (C=N–C) groups is 2. The second kappa shape index (κ2) is 34.8. The van der Waals surface area contributed by atoms with Crippen LogP contribution in [0.5, 0.6) is 0 Å². The van der Waals surface area contributed by atoms with E-state index >= 15 is 35.1 Å². The van der Waals surface area contributed by atoms with E-state index in [4.69, 9.17) is 33.2 Å². The van der Waals surface area contributed by atoms with Gasteiger partial charge in [0.2, 0.25) is 0 Å². The Labute approximate surface area is 615 Å². The van der Waals surface area contributed by atoms with Crippen LogP contribution in [0, 0.1) is 172 Å². The third-order valence-electron chi connectivity index (χ3n) is 16.4. The summed E-state index contributed by atoms with van der Waals surface area (Å²) in [6.45, 7) is 24.1. The molecule has 0 spiro atoms. The van der Waals surface area contributed by atoms with Crippen molar-refractivity contribution >= 4 is 79.8 Å². The first-order valence-corrected chi connectivity index (χ1v) is 32.1. The quantitative estimate of drug-likeness (QED) is 0.0179. The molecule has 0 aliphatic rings. The number of benzene rings is 10. The summed E-state index contributed by atoms with van der Waals surface area (Å²) in [5, 5.41) is 10.2. The van der Waals surface area contributed by atoms with Gasteiger partial charge in [0.05, 0.1) is 28.1 Å². The van der Waals surface area contributed by atoms with E-state index in [2.05, 4.69) is 178 Å². The molecular formula is C78H57BCl2F20N2NiO2. The molecule has 0 N–H and O–H groups in total. The second-order valence-corrected chi connectivity index (χ2v) is 25.4. The van der Waals surface area contributed by atoms with Crippen LogP contribution >= 0.6 is 23.2 Å². The summed E-state index contributed by atoms with van der Waals surface area (Å²) in [5.74, 6) is -71.8. The normalized spacial score (nSPS) is 11.7. The number of halogens is 22. The molecule has 0 aliphatic heterocycles. The zero-order valence-electron chi connectivity index (χ0n) is 57.6. The van der Waals surface area contributed by atoms with Crippen LogP contribution in [0.1, 0.15) is 72.2 Å². The predicted molar refractivity (Wildman–Crippen MR) is 368 cm³/mol. The molecule has 0 aliphatic carbocycles. The molecule has 0 bridgehead atoms. The van der Waals surface area contributed by atoms with E-state index in [1.165, 1.54) is 80.6 Å². The Bertz CT molecular complexity index is 4590. The van der Waals surface area contributed by atoms with Crippen molar-refractivity contribution in [2.45, 2.75) is 83.1 Å². The largest absolute Gasteiger partial charge is 2.00 e. The maximum absolute atomic E-state index is 15.4. The molecule has 4 nitrogen and oxygen atoms in total. The topological polar surface area (TPSA) is 64.8 Å². The maximum Gasteiger partial charge on any atom is 2.00 e. The van der Waals surface area contributed by atoms with Crippen LogP contribution in [0.2, 0.25) is 0 Å². The van der Waals surface area contributed by atoms with Crippen molar-refractivity contribution in [2.75, 3.05) is 5.34 Å². The minimum Gasteiger partial charge on any atom is -0.876 e. The van der Waals surface area contributed by atoms with Crippen LogP contribution < -0.4 is 27.0 Å². The average Bonchev–Trinajstić information content (AvgIpc) is 0.681. The summed E-state index contributed by atoms with van der Waals surface area (Å²) in [5.41, 5.74) is 8.61. The van der Waals surface area contributed by atoms with Gasteiger partial charge >= 0.3 is 16.5 Å². The molecule has 0 atom stereocenters. The van der Waals surface area contributed by atoms with E-state index in [9.17, 15) is 62.6 Å². The molecule has 0 saturated heterocycles. The summed E-state index contributed by atoms with van der Waals surface area (Å²) < 4.78 is 294. The first-order valence-electron chi connectivity index (χ1n) is 31.0. The smallest absolute Gasteiger partial charge is 0.876 e. The molecule has 558 valence electrons. The summed E-state index contributed by atoms with van der Waals surface area (Å²) >= 11 is 9.53. The Kier molecular flexibility index (Phi) is 28.1. The second-order valence-electron chi connectivity index (χ2n) is 24.6. The van der Waals surface area contributed by atoms with E-state index in [1.807, 2.05) is 0 Å². The third kappa shape index (κ3) is 17.6. The molecule has 0 saturated carbocycles. The molecule has 0 heterocycles. The summed E-state index contributed by atoms with van der Waals surface area (Å²) in [7, 11) is 0. The fraction of sp³-hybridized carbons (Fsp3) is 0.167. The standard InChI is InChI=1S/C48H48N2.C24BF20.C5H8O2.CH2Cl2.Ni/c1-29-15-30(2)20-41(19-29)39-11-13-45(43-23-33(5)17-34(6)24-43)47(27-39)49-37(9)38(10)50-48-28-40(42-21-31(3)16-32(4)22-42)12-14-46(48)44-25-35(7)18-36(8)26-44;26-5-1(6(27)14(35)21(42)13(5)34)25(2-7(28)15(36)22(43)16(37)8(2)29,3-9(30)17(38)23(44)18(39)10(3)31)4-11(32)19(40)24(45)20(41)12(4)33;1-4(6)3-5(2)7;2-1-3;/h11-28H,1-10H3;;3,6H,1-2H3;1H2;/q;-1;;;+2/p-1/b;;4-3-;;. The molecule has 10 aromatic carbocycles. The molecule has 28 heteroatoms. The van der Waals surface area contributed by atoms with Crippen molar-refractivity contribution in [2.24, 2.45) is 9.98 Å². The zero-order valence-corrected chi connectivity index (χ0v) is 60.1. The average molecular weight is 1570 g/mol. The van der Waals surface area contributed by atoms with Crippen molar-refractivity contribution < 1.29 is 114 Å². The Morgan fingerprint density at radius 2 is 0.509 bits per heavy atom. The molecule has 0 unspecified atom stereocenters. The van der Waals surface area contributed by atoms with E-state index in [1.54, 1.807) is 0 Å². The number of rotatable bonds is 12. The number of allylic oxidation sites excluding steroid dienone is 2. The third-order valence-corrected chi connectivity index (χ3v) is 16.4. The summed E-state index contributed by atoms with van der Waals surface area (Å²) in [6.07, 6.45) is -6.16. The molecule has 106 heavy (non-hydrogen) atoms. The minimum atomic E-state index is -7.22. The minimum absolute atomic E-state index is 0. The maximum atomic E-state index is 15.4. The van der Waals surface area contributed by atoms with Gasteiger partial charge in [-0.05, 0) is 128 Å². The number of hydrogen-bond donors (Lipinski definition) is 0. The van der Waals surface area contributed by atoms with Gasteiger partial charge in [0.1, 0.15) is 52.7 Å². The number of alkyl halides is 2. The number of aryl methyl sites for hydroxylation is 8. The summed E-state index contributed by atoms with van der Waals surface area (Å²) in [6, 6.07) is 40.3. The van der Waals surface area contributed by atoms with Crippen LogP contribution in [0.15, 0.2) is 131 Å². The molecule has 10 aromatic rings. The molecule has 10 rings (SSSR count). The fourth-order valence-corrected chi connectivity index (χ4v) is 12.3. The number of ketones is 1. The Morgan fingerprint density at radius 3 is 0.689 bits per heavy atom. The molecular weight excluding hydrogens is 1520 g/mol. The van der Waals surface area contributed by atoms with Gasteiger partial charge in [-0.3, -0.25) is 14.8 Å². The van der Waals surface area contributed by atoms with Gasteiger partial charge in [0.25, 0.3) is 0 Å². The SMILES string of the molecule is CC(=Nc1cc(-c2cc(C)cc(C)c2)ccc1-c1cc(C)cc(C)c1)C(C)=Nc1cc(-c2cc(C)cc(C)c2)ccc1-c1cc(C)cc(C)c1.CC(=O)/C=C(/C)[O-].ClCCl.Fc1c(F)c(F)c([B-](c2c(F)c(F)c(F)c(F)c2F)(c2c(F)c(F)c(F)c(F)c2F)c2c(F)c(F)c(F)c(F)c2F)c(F)c1F.[Ni+2]. The van der Waals surface area contributed by atoms with E-state index in [-0.39, 0.29) is 33.4 Å². The van der Waals surface area contributed by atoms with Crippen LogP contribution in [0.25, 0.3) is 44.5 Å². The Morgan fingerprint density at radius 1 is 0.321 bits per heavy atom. The monoisotopic (exact) mass is 1570 g/mol. The Balaban J connectivity index is 0.000000293. The number of carbonyl (C=O) groups excluding carboxylic acids is 1. The van der Waals surface area contributed by atoms with Gasteiger partial charge < -0.3 is 5.11 Å². The van der Waals surface area contributed by atoms with Crippen molar-refractivity contribution in [1.82, 2.24) is 0 Å². The molecule has 0 aromatic heterocycles. The molecule has 0 amide bonds. The Hall–Kier alpha value is -9.51. The van der Waals surface area contributed by atoms with Crippen molar-refractivity contribution in [3.63, 3.8) is 0 Å². The first-order chi connectivity index (χ1) is 49.0. The number of hydrogen-bond acceptors (Lipinski definition) is 4. The first kappa shape index (κ1) is 85.4.